The number of hydrogen-bond donors (Lipinski definition) is 0. The Morgan fingerprint density at radius 2 is 1.89 bits per heavy atom. The van der Waals surface area contributed by atoms with E-state index >= 15 is 0 Å². The Bertz CT molecular complexity index is 1200. The van der Waals surface area contributed by atoms with Gasteiger partial charge >= 0.3 is 5.97 Å². The summed E-state index contributed by atoms with van der Waals surface area (Å²) in [5.41, 5.74) is 1.91. The molecule has 3 heterocycles. The first-order chi connectivity index (χ1) is 18.0. The summed E-state index contributed by atoms with van der Waals surface area (Å²) < 4.78 is 11.1. The van der Waals surface area contributed by atoms with Crippen LogP contribution >= 0.6 is 11.8 Å². The van der Waals surface area contributed by atoms with Crippen LogP contribution in [0.1, 0.15) is 49.9 Å². The van der Waals surface area contributed by atoms with Gasteiger partial charge in [-0.3, -0.25) is 9.59 Å². The lowest BCUT2D eigenvalue weighted by Crippen LogP contribution is -2.42. The smallest absolute Gasteiger partial charge is 0.310 e. The van der Waals surface area contributed by atoms with Crippen LogP contribution in [0, 0.1) is 5.92 Å². The molecule has 1 atom stereocenters. The van der Waals surface area contributed by atoms with Gasteiger partial charge in [0.05, 0.1) is 24.0 Å². The number of carbonyl (C=O) groups excluding carboxylic acids is 2. The maximum atomic E-state index is 13.0. The molecule has 8 nitrogen and oxygen atoms in total. The highest BCUT2D eigenvalue weighted by atomic mass is 32.2. The van der Waals surface area contributed by atoms with Gasteiger partial charge in [0.2, 0.25) is 0 Å². The number of hydrogen-bond acceptors (Lipinski definition) is 8. The molecule has 1 aliphatic heterocycles. The molecule has 1 unspecified atom stereocenters. The first-order valence-corrected chi connectivity index (χ1v) is 13.9. The van der Waals surface area contributed by atoms with Crippen LogP contribution in [-0.2, 0) is 15.3 Å². The van der Waals surface area contributed by atoms with Gasteiger partial charge in [0.25, 0.3) is 5.91 Å². The fourth-order valence-electron chi connectivity index (χ4n) is 4.42. The molecular formula is C28H34N4O4S. The monoisotopic (exact) mass is 522 g/mol. The standard InChI is InChI=1S/C28H34N4O4S/c1-4-31(5-2)25-17-23(20-11-8-7-9-12-20)29-28(30-25)37-19-22-14-15-24(36-22)26(33)32-16-10-13-21(18-32)27(34)35-6-3/h7-9,11-12,14-15,17,21H,4-6,10,13,16,18-19H2,1-3H3. The number of thioether (sulfide) groups is 1. The Balaban J connectivity index is 1.45. The first kappa shape index (κ1) is 26.7. The summed E-state index contributed by atoms with van der Waals surface area (Å²) in [6.07, 6.45) is 1.50. The number of furan rings is 1. The van der Waals surface area contributed by atoms with E-state index in [2.05, 4.69) is 18.7 Å². The predicted octanol–water partition coefficient (Wildman–Crippen LogP) is 5.29. The second-order valence-electron chi connectivity index (χ2n) is 8.83. The van der Waals surface area contributed by atoms with Crippen LogP contribution in [0.5, 0.6) is 0 Å². The van der Waals surface area contributed by atoms with Gasteiger partial charge in [0.15, 0.2) is 10.9 Å². The molecule has 1 aliphatic rings. The van der Waals surface area contributed by atoms with Gasteiger partial charge in [-0.15, -0.1) is 0 Å². The fourth-order valence-corrected chi connectivity index (χ4v) is 5.17. The van der Waals surface area contributed by atoms with Gasteiger partial charge in [0.1, 0.15) is 11.6 Å². The van der Waals surface area contributed by atoms with E-state index in [1.807, 2.05) is 42.5 Å². The van der Waals surface area contributed by atoms with Gasteiger partial charge < -0.3 is 19.0 Å². The molecule has 4 rings (SSSR count). The molecule has 9 heteroatoms. The van der Waals surface area contributed by atoms with Crippen molar-refractivity contribution in [1.29, 1.82) is 0 Å². The molecule has 3 aromatic rings. The third-order valence-electron chi connectivity index (χ3n) is 6.39. The number of likely N-dealkylation sites (tertiary alicyclic amines) is 1. The first-order valence-electron chi connectivity index (χ1n) is 12.9. The molecular weight excluding hydrogens is 488 g/mol. The third-order valence-corrected chi connectivity index (χ3v) is 7.26. The van der Waals surface area contributed by atoms with Crippen LogP contribution in [0.4, 0.5) is 5.82 Å². The van der Waals surface area contributed by atoms with Crippen molar-refractivity contribution in [2.75, 3.05) is 37.7 Å². The minimum absolute atomic E-state index is 0.198. The van der Waals surface area contributed by atoms with E-state index < -0.39 is 0 Å². The second-order valence-corrected chi connectivity index (χ2v) is 9.77. The molecule has 1 aromatic carbocycles. The topological polar surface area (TPSA) is 88.8 Å². The summed E-state index contributed by atoms with van der Waals surface area (Å²) in [4.78, 5) is 38.6. The minimum Gasteiger partial charge on any atom is -0.466 e. The Morgan fingerprint density at radius 3 is 2.62 bits per heavy atom. The normalized spacial score (nSPS) is 15.4. The van der Waals surface area contributed by atoms with E-state index in [1.165, 1.54) is 11.8 Å². The van der Waals surface area contributed by atoms with E-state index in [9.17, 15) is 9.59 Å². The molecule has 1 fully saturated rings. The summed E-state index contributed by atoms with van der Waals surface area (Å²) in [7, 11) is 0. The van der Waals surface area contributed by atoms with Crippen molar-refractivity contribution < 1.29 is 18.7 Å². The third kappa shape index (κ3) is 6.71. The van der Waals surface area contributed by atoms with Crippen molar-refractivity contribution in [2.24, 2.45) is 5.92 Å². The highest BCUT2D eigenvalue weighted by Gasteiger charge is 2.31. The molecule has 0 bridgehead atoms. The Kier molecular flexibility index (Phi) is 9.22. The quantitative estimate of drug-likeness (QED) is 0.202. The Morgan fingerprint density at radius 1 is 1.11 bits per heavy atom. The number of carbonyl (C=O) groups is 2. The van der Waals surface area contributed by atoms with Gasteiger partial charge in [0, 0.05) is 37.8 Å². The zero-order chi connectivity index (χ0) is 26.2. The van der Waals surface area contributed by atoms with Crippen LogP contribution in [0.2, 0.25) is 0 Å². The number of benzene rings is 1. The van der Waals surface area contributed by atoms with Crippen LogP contribution in [0.15, 0.2) is 58.1 Å². The van der Waals surface area contributed by atoms with Crippen LogP contribution < -0.4 is 4.90 Å². The van der Waals surface area contributed by atoms with Crippen molar-refractivity contribution in [3.63, 3.8) is 0 Å². The lowest BCUT2D eigenvalue weighted by atomic mass is 9.98. The zero-order valence-corrected chi connectivity index (χ0v) is 22.5. The number of aromatic nitrogens is 2. The summed E-state index contributed by atoms with van der Waals surface area (Å²) in [5.74, 6) is 1.62. The summed E-state index contributed by atoms with van der Waals surface area (Å²) in [5, 5.41) is 0.654. The van der Waals surface area contributed by atoms with Crippen LogP contribution in [-0.4, -0.2) is 59.5 Å². The van der Waals surface area contributed by atoms with Crippen molar-refractivity contribution in [2.45, 2.75) is 44.5 Å². The molecule has 37 heavy (non-hydrogen) atoms. The molecule has 0 radical (unpaired) electrons. The molecule has 1 saturated heterocycles. The van der Waals surface area contributed by atoms with Crippen molar-refractivity contribution in [3.8, 4) is 11.3 Å². The van der Waals surface area contributed by atoms with Crippen LogP contribution in [0.25, 0.3) is 11.3 Å². The maximum Gasteiger partial charge on any atom is 0.310 e. The molecule has 0 aliphatic carbocycles. The van der Waals surface area contributed by atoms with E-state index in [1.54, 1.807) is 17.9 Å². The Labute approximate surface area is 222 Å². The number of nitrogens with zero attached hydrogens (tertiary/aromatic N) is 4. The largest absolute Gasteiger partial charge is 0.466 e. The van der Waals surface area contributed by atoms with Gasteiger partial charge in [-0.05, 0) is 45.7 Å². The highest BCUT2D eigenvalue weighted by molar-refractivity contribution is 7.98. The van der Waals surface area contributed by atoms with Crippen molar-refractivity contribution in [1.82, 2.24) is 14.9 Å². The molecule has 196 valence electrons. The van der Waals surface area contributed by atoms with E-state index in [0.717, 1.165) is 43.0 Å². The highest BCUT2D eigenvalue weighted by Crippen LogP contribution is 2.28. The molecule has 2 aromatic heterocycles. The van der Waals surface area contributed by atoms with Crippen molar-refractivity contribution in [3.05, 3.63) is 60.1 Å². The number of ether oxygens (including phenoxy) is 1. The average molecular weight is 523 g/mol. The number of rotatable bonds is 10. The minimum atomic E-state index is -0.281. The number of anilines is 1. The van der Waals surface area contributed by atoms with Crippen molar-refractivity contribution >= 4 is 29.5 Å². The van der Waals surface area contributed by atoms with Gasteiger partial charge in [-0.1, -0.05) is 42.1 Å². The maximum absolute atomic E-state index is 13.0. The number of amides is 1. The van der Waals surface area contributed by atoms with E-state index in [4.69, 9.17) is 19.1 Å². The summed E-state index contributed by atoms with van der Waals surface area (Å²) in [6, 6.07) is 15.6. The molecule has 0 N–H and O–H groups in total. The number of piperidine rings is 1. The fraction of sp³-hybridized carbons (Fsp3) is 0.429. The van der Waals surface area contributed by atoms with E-state index in [-0.39, 0.29) is 23.6 Å². The SMILES string of the molecule is CCOC(=O)C1CCCN(C(=O)c2ccc(CSc3nc(-c4ccccc4)cc(N(CC)CC)n3)o2)C1. The lowest BCUT2D eigenvalue weighted by molar-refractivity contribution is -0.149. The molecule has 1 amide bonds. The number of esters is 1. The average Bonchev–Trinajstić information content (AvgIpc) is 3.42. The second kappa shape index (κ2) is 12.8. The Hall–Kier alpha value is -3.33. The molecule has 0 spiro atoms. The van der Waals surface area contributed by atoms with Gasteiger partial charge in [-0.2, -0.15) is 0 Å². The molecule has 0 saturated carbocycles. The summed E-state index contributed by atoms with van der Waals surface area (Å²) >= 11 is 1.48. The zero-order valence-electron chi connectivity index (χ0n) is 21.7. The predicted molar refractivity (Wildman–Crippen MR) is 145 cm³/mol. The lowest BCUT2D eigenvalue weighted by Gasteiger charge is -2.30. The van der Waals surface area contributed by atoms with Crippen LogP contribution in [0.3, 0.4) is 0 Å². The summed E-state index contributed by atoms with van der Waals surface area (Å²) in [6.45, 7) is 9.02. The van der Waals surface area contributed by atoms with E-state index in [0.29, 0.717) is 36.4 Å². The van der Waals surface area contributed by atoms with Gasteiger partial charge in [-0.25, -0.2) is 9.97 Å².